The van der Waals surface area contributed by atoms with E-state index >= 15 is 0 Å². The lowest BCUT2D eigenvalue weighted by Gasteiger charge is -2.22. The van der Waals surface area contributed by atoms with Gasteiger partial charge in [0.25, 0.3) is 0 Å². The van der Waals surface area contributed by atoms with Crippen LogP contribution < -0.4 is 10.5 Å². The minimum Gasteiger partial charge on any atom is -0.396 e. The molecule has 0 bridgehead atoms. The largest absolute Gasteiger partial charge is 0.396 e. The summed E-state index contributed by atoms with van der Waals surface area (Å²) in [4.78, 5) is -0.0386. The standard InChI is InChI=1S/C13H21FN2O3S/c1-5-13(4,17)7-16-20(18,19)12-8(2)6-10(14)11(15)9(12)3/h6,16-17H,5,7,15H2,1-4H3. The monoisotopic (exact) mass is 304 g/mol. The van der Waals surface area contributed by atoms with E-state index in [1.54, 1.807) is 6.92 Å². The highest BCUT2D eigenvalue weighted by Gasteiger charge is 2.26. The van der Waals surface area contributed by atoms with Gasteiger partial charge in [-0.15, -0.1) is 0 Å². The second-order valence-corrected chi connectivity index (χ2v) is 6.92. The highest BCUT2D eigenvalue weighted by Crippen LogP contribution is 2.27. The Morgan fingerprint density at radius 1 is 1.45 bits per heavy atom. The van der Waals surface area contributed by atoms with Crippen molar-refractivity contribution >= 4 is 15.7 Å². The summed E-state index contributed by atoms with van der Waals surface area (Å²) in [5, 5.41) is 9.86. The molecule has 0 radical (unpaired) electrons. The van der Waals surface area contributed by atoms with Gasteiger partial charge in [-0.1, -0.05) is 6.92 Å². The Hall–Kier alpha value is -1.18. The Labute approximate surface area is 119 Å². The average Bonchev–Trinajstić information content (AvgIpc) is 2.34. The number of anilines is 1. The van der Waals surface area contributed by atoms with Gasteiger partial charge in [0.15, 0.2) is 0 Å². The molecule has 7 heteroatoms. The fourth-order valence-corrected chi connectivity index (χ4v) is 3.43. The Bertz CT molecular complexity index is 613. The van der Waals surface area contributed by atoms with Crippen LogP contribution in [0.5, 0.6) is 0 Å². The molecule has 0 amide bonds. The maximum absolute atomic E-state index is 13.5. The molecule has 0 saturated carbocycles. The predicted molar refractivity (Wildman–Crippen MR) is 76.4 cm³/mol. The highest BCUT2D eigenvalue weighted by molar-refractivity contribution is 7.89. The lowest BCUT2D eigenvalue weighted by Crippen LogP contribution is -2.40. The van der Waals surface area contributed by atoms with E-state index in [2.05, 4.69) is 4.72 Å². The zero-order chi connectivity index (χ0) is 15.7. The molecule has 0 heterocycles. The third-order valence-electron chi connectivity index (χ3n) is 3.38. The first kappa shape index (κ1) is 16.9. The SMILES string of the molecule is CCC(C)(O)CNS(=O)(=O)c1c(C)cc(F)c(N)c1C. The van der Waals surface area contributed by atoms with E-state index in [0.29, 0.717) is 6.42 Å². The van der Waals surface area contributed by atoms with Gasteiger partial charge in [0.1, 0.15) is 5.82 Å². The number of hydrogen-bond acceptors (Lipinski definition) is 4. The normalized spacial score (nSPS) is 15.1. The number of benzene rings is 1. The summed E-state index contributed by atoms with van der Waals surface area (Å²) in [5.74, 6) is -0.639. The zero-order valence-electron chi connectivity index (χ0n) is 12.1. The van der Waals surface area contributed by atoms with Gasteiger partial charge >= 0.3 is 0 Å². The molecule has 5 nitrogen and oxygen atoms in total. The van der Waals surface area contributed by atoms with Crippen LogP contribution in [0.25, 0.3) is 0 Å². The maximum atomic E-state index is 13.5. The first-order valence-electron chi connectivity index (χ1n) is 6.29. The van der Waals surface area contributed by atoms with E-state index in [1.807, 2.05) is 0 Å². The number of nitrogens with one attached hydrogen (secondary N) is 1. The van der Waals surface area contributed by atoms with Gasteiger partial charge in [-0.25, -0.2) is 17.5 Å². The van der Waals surface area contributed by atoms with E-state index in [-0.39, 0.29) is 28.3 Å². The first-order chi connectivity index (χ1) is 9.02. The molecular formula is C13H21FN2O3S. The summed E-state index contributed by atoms with van der Waals surface area (Å²) in [7, 11) is -3.86. The van der Waals surface area contributed by atoms with E-state index in [4.69, 9.17) is 5.73 Å². The van der Waals surface area contributed by atoms with Crippen molar-refractivity contribution in [1.29, 1.82) is 0 Å². The molecule has 0 saturated heterocycles. The lowest BCUT2D eigenvalue weighted by molar-refractivity contribution is 0.0613. The summed E-state index contributed by atoms with van der Waals surface area (Å²) in [6.07, 6.45) is 0.402. The van der Waals surface area contributed by atoms with E-state index in [1.165, 1.54) is 20.8 Å². The van der Waals surface area contributed by atoms with Crippen molar-refractivity contribution in [1.82, 2.24) is 4.72 Å². The number of rotatable bonds is 5. The number of halogens is 1. The predicted octanol–water partition coefficient (Wildman–Crippen LogP) is 1.46. The van der Waals surface area contributed by atoms with Crippen molar-refractivity contribution in [2.24, 2.45) is 0 Å². The zero-order valence-corrected chi connectivity index (χ0v) is 12.9. The van der Waals surface area contributed by atoms with Crippen LogP contribution in [-0.2, 0) is 10.0 Å². The van der Waals surface area contributed by atoms with Crippen molar-refractivity contribution in [2.75, 3.05) is 12.3 Å². The molecule has 1 atom stereocenters. The number of sulfonamides is 1. The number of aliphatic hydroxyl groups is 1. The van der Waals surface area contributed by atoms with Crippen LogP contribution in [0.4, 0.5) is 10.1 Å². The first-order valence-corrected chi connectivity index (χ1v) is 7.77. The van der Waals surface area contributed by atoms with Gasteiger partial charge < -0.3 is 10.8 Å². The maximum Gasteiger partial charge on any atom is 0.241 e. The van der Waals surface area contributed by atoms with Gasteiger partial charge in [-0.3, -0.25) is 0 Å². The van der Waals surface area contributed by atoms with Crippen LogP contribution in [-0.4, -0.2) is 25.7 Å². The van der Waals surface area contributed by atoms with Gasteiger partial charge in [0.05, 0.1) is 16.2 Å². The van der Waals surface area contributed by atoms with Crippen molar-refractivity contribution in [3.63, 3.8) is 0 Å². The molecule has 0 aliphatic heterocycles. The van der Waals surface area contributed by atoms with Crippen LogP contribution in [0.1, 0.15) is 31.4 Å². The topological polar surface area (TPSA) is 92.4 Å². The van der Waals surface area contributed by atoms with Crippen molar-refractivity contribution in [2.45, 2.75) is 44.6 Å². The van der Waals surface area contributed by atoms with Crippen LogP contribution in [0.2, 0.25) is 0 Å². The molecule has 0 spiro atoms. The van der Waals surface area contributed by atoms with Gasteiger partial charge in [0, 0.05) is 6.54 Å². The summed E-state index contributed by atoms with van der Waals surface area (Å²) < 4.78 is 40.4. The number of hydrogen-bond donors (Lipinski definition) is 3. The number of nitrogen functional groups attached to an aromatic ring is 1. The molecule has 1 aromatic carbocycles. The lowest BCUT2D eigenvalue weighted by atomic mass is 10.1. The Morgan fingerprint density at radius 2 is 2.00 bits per heavy atom. The Kier molecular flexibility index (Phi) is 4.78. The summed E-state index contributed by atoms with van der Waals surface area (Å²) >= 11 is 0. The third-order valence-corrected chi connectivity index (χ3v) is 5.07. The number of nitrogens with two attached hydrogens (primary N) is 1. The fraction of sp³-hybridized carbons (Fsp3) is 0.538. The molecule has 114 valence electrons. The van der Waals surface area contributed by atoms with Crippen molar-refractivity contribution in [3.8, 4) is 0 Å². The van der Waals surface area contributed by atoms with Crippen molar-refractivity contribution in [3.05, 3.63) is 23.0 Å². The average molecular weight is 304 g/mol. The molecular weight excluding hydrogens is 283 g/mol. The third kappa shape index (κ3) is 3.47. The van der Waals surface area contributed by atoms with E-state index in [9.17, 15) is 17.9 Å². The second kappa shape index (κ2) is 5.67. The molecule has 4 N–H and O–H groups in total. The molecule has 0 aliphatic rings. The van der Waals surface area contributed by atoms with Crippen LogP contribution >= 0.6 is 0 Å². The van der Waals surface area contributed by atoms with Crippen molar-refractivity contribution < 1.29 is 17.9 Å². The van der Waals surface area contributed by atoms with E-state index < -0.39 is 21.4 Å². The minimum atomic E-state index is -3.86. The molecule has 0 aromatic heterocycles. The van der Waals surface area contributed by atoms with Gasteiger partial charge in [-0.2, -0.15) is 0 Å². The molecule has 1 unspecified atom stereocenters. The fourth-order valence-electron chi connectivity index (χ4n) is 1.79. The van der Waals surface area contributed by atoms with E-state index in [0.717, 1.165) is 6.07 Å². The number of aryl methyl sites for hydroxylation is 1. The Morgan fingerprint density at radius 3 is 2.50 bits per heavy atom. The molecule has 20 heavy (non-hydrogen) atoms. The van der Waals surface area contributed by atoms with Crippen LogP contribution in [0, 0.1) is 19.7 Å². The molecule has 0 aliphatic carbocycles. The van der Waals surface area contributed by atoms with Crippen LogP contribution in [0.3, 0.4) is 0 Å². The van der Waals surface area contributed by atoms with Gasteiger partial charge in [-0.05, 0) is 44.4 Å². The smallest absolute Gasteiger partial charge is 0.241 e. The highest BCUT2D eigenvalue weighted by atomic mass is 32.2. The second-order valence-electron chi connectivity index (χ2n) is 5.22. The molecule has 0 fully saturated rings. The quantitative estimate of drug-likeness (QED) is 0.718. The van der Waals surface area contributed by atoms with Gasteiger partial charge in [0.2, 0.25) is 10.0 Å². The Balaban J connectivity index is 3.21. The van der Waals surface area contributed by atoms with Crippen LogP contribution in [0.15, 0.2) is 11.0 Å². The summed E-state index contributed by atoms with van der Waals surface area (Å²) in [6.45, 7) is 6.12. The molecule has 1 aromatic rings. The summed E-state index contributed by atoms with van der Waals surface area (Å²) in [6, 6.07) is 1.09. The summed E-state index contributed by atoms with van der Waals surface area (Å²) in [5.41, 5.74) is 4.67. The molecule has 1 rings (SSSR count). The minimum absolute atomic E-state index is 0.0386.